The van der Waals surface area contributed by atoms with Crippen LogP contribution in [-0.2, 0) is 11.2 Å². The number of hydrogen-bond donors (Lipinski definition) is 1. The molecule has 1 aromatic rings. The molecule has 0 heterocycles. The number of hydrogen-bond acceptors (Lipinski definition) is 2. The quantitative estimate of drug-likeness (QED) is 0.814. The second-order valence-electron chi connectivity index (χ2n) is 3.71. The minimum absolute atomic E-state index is 0.0838. The molecule has 0 atom stereocenters. The molecule has 0 aromatic heterocycles. The molecule has 0 saturated carbocycles. The van der Waals surface area contributed by atoms with Crippen molar-refractivity contribution in [3.05, 3.63) is 35.4 Å². The topological polar surface area (TPSA) is 49.4 Å². The lowest BCUT2D eigenvalue weighted by molar-refractivity contribution is -0.119. The number of carbonyl (C=O) groups excluding carboxylic acids is 2. The van der Waals surface area contributed by atoms with E-state index < -0.39 is 0 Å². The molecule has 1 aromatic carbocycles. The maximum absolute atomic E-state index is 11.8. The van der Waals surface area contributed by atoms with Gasteiger partial charge in [0, 0.05) is 26.7 Å². The van der Waals surface area contributed by atoms with E-state index >= 15 is 0 Å². The third-order valence-electron chi connectivity index (χ3n) is 2.28. The van der Waals surface area contributed by atoms with Crippen molar-refractivity contribution in [2.75, 3.05) is 21.1 Å². The molecule has 0 bridgehead atoms. The van der Waals surface area contributed by atoms with E-state index in [0.29, 0.717) is 5.56 Å². The number of rotatable bonds is 3. The Balaban J connectivity index is 3.00. The van der Waals surface area contributed by atoms with Crippen LogP contribution < -0.4 is 5.32 Å². The fourth-order valence-corrected chi connectivity index (χ4v) is 1.39. The van der Waals surface area contributed by atoms with Gasteiger partial charge >= 0.3 is 0 Å². The number of nitrogens with one attached hydrogen (secondary N) is 1. The predicted molar refractivity (Wildman–Crippen MR) is 62.2 cm³/mol. The summed E-state index contributed by atoms with van der Waals surface area (Å²) in [5.74, 6) is -0.182. The molecule has 0 radical (unpaired) electrons. The van der Waals surface area contributed by atoms with Crippen LogP contribution >= 0.6 is 0 Å². The zero-order valence-corrected chi connectivity index (χ0v) is 9.78. The fraction of sp³-hybridized carbons (Fsp3) is 0.333. The number of carbonyl (C=O) groups is 2. The first kappa shape index (κ1) is 12.2. The van der Waals surface area contributed by atoms with Crippen LogP contribution in [0.2, 0.25) is 0 Å². The monoisotopic (exact) mass is 220 g/mol. The number of likely N-dealkylation sites (N-methyl/N-ethyl adjacent to an activating group) is 1. The second-order valence-corrected chi connectivity index (χ2v) is 3.71. The van der Waals surface area contributed by atoms with Crippen molar-refractivity contribution >= 4 is 11.8 Å². The molecular weight excluding hydrogens is 204 g/mol. The Morgan fingerprint density at radius 3 is 2.44 bits per heavy atom. The van der Waals surface area contributed by atoms with E-state index in [1.54, 1.807) is 39.3 Å². The van der Waals surface area contributed by atoms with Gasteiger partial charge in [-0.25, -0.2) is 0 Å². The molecule has 0 unspecified atom stereocenters. The summed E-state index contributed by atoms with van der Waals surface area (Å²) in [6.45, 7) is 0. The molecule has 2 amide bonds. The molecule has 0 fully saturated rings. The molecule has 1 N–H and O–H groups in total. The highest BCUT2D eigenvalue weighted by Crippen LogP contribution is 2.11. The summed E-state index contributed by atoms with van der Waals surface area (Å²) >= 11 is 0. The molecule has 1 rings (SSSR count). The maximum Gasteiger partial charge on any atom is 0.253 e. The number of amides is 2. The van der Waals surface area contributed by atoms with E-state index in [2.05, 4.69) is 5.32 Å². The number of benzene rings is 1. The minimum Gasteiger partial charge on any atom is -0.359 e. The first-order valence-electron chi connectivity index (χ1n) is 5.06. The summed E-state index contributed by atoms with van der Waals surface area (Å²) in [4.78, 5) is 24.6. The van der Waals surface area contributed by atoms with E-state index in [1.807, 2.05) is 6.07 Å². The van der Waals surface area contributed by atoms with Crippen molar-refractivity contribution in [1.29, 1.82) is 0 Å². The third-order valence-corrected chi connectivity index (χ3v) is 2.28. The van der Waals surface area contributed by atoms with Gasteiger partial charge in [-0.15, -0.1) is 0 Å². The van der Waals surface area contributed by atoms with Gasteiger partial charge in [0.15, 0.2) is 0 Å². The Hall–Kier alpha value is -1.84. The van der Waals surface area contributed by atoms with Gasteiger partial charge in [-0.05, 0) is 11.6 Å². The van der Waals surface area contributed by atoms with Crippen molar-refractivity contribution in [2.24, 2.45) is 0 Å². The Labute approximate surface area is 95.3 Å². The van der Waals surface area contributed by atoms with E-state index in [1.165, 1.54) is 4.90 Å². The van der Waals surface area contributed by atoms with Crippen molar-refractivity contribution in [1.82, 2.24) is 10.2 Å². The van der Waals surface area contributed by atoms with Gasteiger partial charge in [-0.1, -0.05) is 18.2 Å². The molecule has 86 valence electrons. The molecule has 0 spiro atoms. The van der Waals surface area contributed by atoms with Gasteiger partial charge in [0.25, 0.3) is 5.91 Å². The standard InChI is InChI=1S/C12H16N2O2/c1-13-11(15)8-9-6-4-5-7-10(9)12(16)14(2)3/h4-7H,8H2,1-3H3,(H,13,15). The lowest BCUT2D eigenvalue weighted by Gasteiger charge is -2.13. The highest BCUT2D eigenvalue weighted by Gasteiger charge is 2.14. The summed E-state index contributed by atoms with van der Waals surface area (Å²) in [6.07, 6.45) is 0.228. The average molecular weight is 220 g/mol. The van der Waals surface area contributed by atoms with Crippen LogP contribution in [0.25, 0.3) is 0 Å². The van der Waals surface area contributed by atoms with Crippen molar-refractivity contribution in [3.8, 4) is 0 Å². The highest BCUT2D eigenvalue weighted by atomic mass is 16.2. The van der Waals surface area contributed by atoms with Crippen molar-refractivity contribution in [2.45, 2.75) is 6.42 Å². The van der Waals surface area contributed by atoms with Crippen molar-refractivity contribution in [3.63, 3.8) is 0 Å². The van der Waals surface area contributed by atoms with Gasteiger partial charge in [0.05, 0.1) is 6.42 Å². The van der Waals surface area contributed by atoms with Gasteiger partial charge in [0.1, 0.15) is 0 Å². The van der Waals surface area contributed by atoms with Gasteiger partial charge in [-0.3, -0.25) is 9.59 Å². The van der Waals surface area contributed by atoms with Crippen LogP contribution in [0.4, 0.5) is 0 Å². The maximum atomic E-state index is 11.8. The molecule has 16 heavy (non-hydrogen) atoms. The van der Waals surface area contributed by atoms with Crippen LogP contribution in [0.1, 0.15) is 15.9 Å². The molecule has 4 heteroatoms. The summed E-state index contributed by atoms with van der Waals surface area (Å²) in [7, 11) is 4.97. The van der Waals surface area contributed by atoms with Crippen LogP contribution in [-0.4, -0.2) is 37.9 Å². The molecule has 0 aliphatic rings. The van der Waals surface area contributed by atoms with Gasteiger partial charge < -0.3 is 10.2 Å². The molecule has 0 saturated heterocycles. The first-order valence-corrected chi connectivity index (χ1v) is 5.06. The number of nitrogens with zero attached hydrogens (tertiary/aromatic N) is 1. The summed E-state index contributed by atoms with van der Waals surface area (Å²) < 4.78 is 0. The smallest absolute Gasteiger partial charge is 0.253 e. The SMILES string of the molecule is CNC(=O)Cc1ccccc1C(=O)N(C)C. The van der Waals surface area contributed by atoms with Crippen LogP contribution in [0.15, 0.2) is 24.3 Å². The van der Waals surface area contributed by atoms with Crippen LogP contribution in [0.3, 0.4) is 0 Å². The fourth-order valence-electron chi connectivity index (χ4n) is 1.39. The lowest BCUT2D eigenvalue weighted by atomic mass is 10.0. The van der Waals surface area contributed by atoms with Crippen molar-refractivity contribution < 1.29 is 9.59 Å². The Kier molecular flexibility index (Phi) is 4.05. The normalized spacial score (nSPS) is 9.69. The molecule has 0 aliphatic carbocycles. The van der Waals surface area contributed by atoms with Gasteiger partial charge in [-0.2, -0.15) is 0 Å². The molecule has 4 nitrogen and oxygen atoms in total. The van der Waals surface area contributed by atoms with E-state index in [0.717, 1.165) is 5.56 Å². The third kappa shape index (κ3) is 2.82. The average Bonchev–Trinajstić information content (AvgIpc) is 2.28. The summed E-state index contributed by atoms with van der Waals surface area (Å²) in [6, 6.07) is 7.15. The zero-order chi connectivity index (χ0) is 12.1. The van der Waals surface area contributed by atoms with Crippen LogP contribution in [0.5, 0.6) is 0 Å². The van der Waals surface area contributed by atoms with E-state index in [-0.39, 0.29) is 18.2 Å². The minimum atomic E-state index is -0.0981. The lowest BCUT2D eigenvalue weighted by Crippen LogP contribution is -2.25. The zero-order valence-electron chi connectivity index (χ0n) is 9.78. The molecule has 0 aliphatic heterocycles. The largest absolute Gasteiger partial charge is 0.359 e. The first-order chi connectivity index (χ1) is 7.56. The summed E-state index contributed by atoms with van der Waals surface area (Å²) in [5, 5.41) is 2.54. The summed E-state index contributed by atoms with van der Waals surface area (Å²) in [5.41, 5.74) is 1.33. The Morgan fingerprint density at radius 2 is 1.88 bits per heavy atom. The van der Waals surface area contributed by atoms with E-state index in [4.69, 9.17) is 0 Å². The van der Waals surface area contributed by atoms with E-state index in [9.17, 15) is 9.59 Å². The second kappa shape index (κ2) is 5.30. The van der Waals surface area contributed by atoms with Crippen LogP contribution in [0, 0.1) is 0 Å². The highest BCUT2D eigenvalue weighted by molar-refractivity contribution is 5.96. The Morgan fingerprint density at radius 1 is 1.25 bits per heavy atom. The molecular formula is C12H16N2O2. The Bertz CT molecular complexity index is 400. The predicted octanol–water partition coefficient (Wildman–Crippen LogP) is 0.677. The van der Waals surface area contributed by atoms with Gasteiger partial charge in [0.2, 0.25) is 5.91 Å².